The van der Waals surface area contributed by atoms with Crippen LogP contribution in [0.1, 0.15) is 51.2 Å². The minimum Gasteiger partial charge on any atom is -0.403 e. The van der Waals surface area contributed by atoms with Gasteiger partial charge in [0, 0.05) is 22.4 Å². The lowest BCUT2D eigenvalue weighted by atomic mass is 9.76. The van der Waals surface area contributed by atoms with Gasteiger partial charge in [-0.1, -0.05) is 54.6 Å². The number of nitrogens with zero attached hydrogens (tertiary/aromatic N) is 1. The van der Waals surface area contributed by atoms with Gasteiger partial charge in [0.25, 0.3) is 0 Å². The molecule has 1 saturated heterocycles. The Hall–Kier alpha value is -3.41. The highest BCUT2D eigenvalue weighted by atomic mass is 19.1. The molecule has 2 heterocycles. The molecular weight excluding hydrogens is 472 g/mol. The van der Waals surface area contributed by atoms with E-state index in [9.17, 15) is 4.39 Å². The van der Waals surface area contributed by atoms with Gasteiger partial charge < -0.3 is 13.9 Å². The molecule has 192 valence electrons. The summed E-state index contributed by atoms with van der Waals surface area (Å²) in [6, 6.07) is 32.7. The highest BCUT2D eigenvalue weighted by Crippen LogP contribution is 2.41. The van der Waals surface area contributed by atoms with Crippen LogP contribution in [0.25, 0.3) is 27.5 Å². The molecule has 1 aromatic heterocycles. The highest BCUT2D eigenvalue weighted by Gasteiger charge is 2.50. The molecule has 0 unspecified atom stereocenters. The smallest absolute Gasteiger partial charge is 0.403 e. The van der Waals surface area contributed by atoms with Gasteiger partial charge in [-0.3, -0.25) is 0 Å². The van der Waals surface area contributed by atoms with E-state index in [1.165, 1.54) is 27.4 Å². The zero-order valence-corrected chi connectivity index (χ0v) is 22.4. The normalized spacial score (nSPS) is 17.3. The Morgan fingerprint density at radius 1 is 0.711 bits per heavy atom. The Morgan fingerprint density at radius 3 is 2.03 bits per heavy atom. The van der Waals surface area contributed by atoms with Crippen molar-refractivity contribution in [3.8, 4) is 5.69 Å². The Labute approximate surface area is 224 Å². The number of para-hydroxylation sites is 2. The summed E-state index contributed by atoms with van der Waals surface area (Å²) in [6.07, 6.45) is 1.57. The van der Waals surface area contributed by atoms with Crippen molar-refractivity contribution in [3.63, 3.8) is 0 Å². The van der Waals surface area contributed by atoms with Gasteiger partial charge in [0.15, 0.2) is 0 Å². The average molecular weight is 505 g/mol. The second-order valence-corrected chi connectivity index (χ2v) is 11.3. The average Bonchev–Trinajstić information content (AvgIpc) is 3.34. The Kier molecular flexibility index (Phi) is 6.17. The maximum Gasteiger partial charge on any atom is 0.457 e. The van der Waals surface area contributed by atoms with Gasteiger partial charge in [-0.25, -0.2) is 4.39 Å². The van der Waals surface area contributed by atoms with Crippen molar-refractivity contribution in [1.29, 1.82) is 0 Å². The number of rotatable bonds is 6. The first kappa shape index (κ1) is 24.9. The van der Waals surface area contributed by atoms with Gasteiger partial charge in [-0.05, 0) is 94.0 Å². The van der Waals surface area contributed by atoms with E-state index in [1.807, 2.05) is 18.2 Å². The molecule has 0 saturated carbocycles. The van der Waals surface area contributed by atoms with E-state index in [-0.39, 0.29) is 30.1 Å². The molecule has 5 aromatic rings. The first-order valence-electron chi connectivity index (χ1n) is 13.4. The largest absolute Gasteiger partial charge is 0.457 e. The van der Waals surface area contributed by atoms with E-state index >= 15 is 0 Å². The fraction of sp³-hybridized carbons (Fsp3) is 0.273. The van der Waals surface area contributed by atoms with Crippen LogP contribution in [-0.2, 0) is 9.31 Å². The van der Waals surface area contributed by atoms with Crippen LogP contribution in [0.2, 0.25) is 6.32 Å². The van der Waals surface area contributed by atoms with E-state index in [1.54, 1.807) is 12.1 Å². The van der Waals surface area contributed by atoms with Crippen LogP contribution in [0.4, 0.5) is 4.39 Å². The fourth-order valence-electron chi connectivity index (χ4n) is 5.67. The van der Waals surface area contributed by atoms with Gasteiger partial charge in [0.2, 0.25) is 0 Å². The second-order valence-electron chi connectivity index (χ2n) is 11.3. The summed E-state index contributed by atoms with van der Waals surface area (Å²) in [5.41, 5.74) is 5.07. The van der Waals surface area contributed by atoms with Crippen molar-refractivity contribution in [3.05, 3.63) is 114 Å². The Morgan fingerprint density at radius 2 is 1.32 bits per heavy atom. The molecule has 0 N–H and O–H groups in total. The van der Waals surface area contributed by atoms with Crippen molar-refractivity contribution in [2.45, 2.75) is 57.6 Å². The summed E-state index contributed by atoms with van der Waals surface area (Å²) in [7, 11) is -0.272. The molecule has 1 aliphatic rings. The maximum absolute atomic E-state index is 13.9. The minimum absolute atomic E-state index is 0.0814. The molecular formula is C33H33BFNO2. The molecule has 0 amide bonds. The lowest BCUT2D eigenvalue weighted by Gasteiger charge is -2.32. The van der Waals surface area contributed by atoms with Crippen LogP contribution in [0.3, 0.4) is 0 Å². The SMILES string of the molecule is CC1(C)OB(CC[C@H](c2ccc(F)cc2)c2ccc3c(c2)c2ccccc2n3-c2ccccc2)OC1(C)C. The summed E-state index contributed by atoms with van der Waals surface area (Å²) < 4.78 is 28.8. The van der Waals surface area contributed by atoms with Crippen LogP contribution >= 0.6 is 0 Å². The molecule has 0 bridgehead atoms. The molecule has 3 nitrogen and oxygen atoms in total. The zero-order valence-electron chi connectivity index (χ0n) is 22.4. The quantitative estimate of drug-likeness (QED) is 0.216. The lowest BCUT2D eigenvalue weighted by molar-refractivity contribution is 0.00578. The fourth-order valence-corrected chi connectivity index (χ4v) is 5.67. The molecule has 4 aromatic carbocycles. The summed E-state index contributed by atoms with van der Waals surface area (Å²) >= 11 is 0. The molecule has 1 aliphatic heterocycles. The Bertz CT molecular complexity index is 1570. The minimum atomic E-state index is -0.360. The van der Waals surface area contributed by atoms with Gasteiger partial charge in [-0.15, -0.1) is 0 Å². The monoisotopic (exact) mass is 505 g/mol. The molecule has 0 spiro atoms. The van der Waals surface area contributed by atoms with E-state index in [0.29, 0.717) is 0 Å². The van der Waals surface area contributed by atoms with Gasteiger partial charge in [0.05, 0.1) is 22.2 Å². The number of halogens is 1. The van der Waals surface area contributed by atoms with E-state index in [0.717, 1.165) is 24.0 Å². The summed E-state index contributed by atoms with van der Waals surface area (Å²) in [4.78, 5) is 0. The first-order valence-corrected chi connectivity index (χ1v) is 13.4. The third-order valence-corrected chi connectivity index (χ3v) is 8.38. The van der Waals surface area contributed by atoms with Crippen molar-refractivity contribution in [2.24, 2.45) is 0 Å². The van der Waals surface area contributed by atoms with Gasteiger partial charge in [-0.2, -0.15) is 0 Å². The lowest BCUT2D eigenvalue weighted by Crippen LogP contribution is -2.41. The number of hydrogen-bond donors (Lipinski definition) is 0. The van der Waals surface area contributed by atoms with Crippen LogP contribution < -0.4 is 0 Å². The number of fused-ring (bicyclic) bond motifs is 3. The summed E-state index contributed by atoms with van der Waals surface area (Å²) in [6.45, 7) is 8.34. The Balaban J connectivity index is 1.42. The first-order chi connectivity index (χ1) is 18.2. The topological polar surface area (TPSA) is 23.4 Å². The number of aromatic nitrogens is 1. The molecule has 0 radical (unpaired) electrons. The van der Waals surface area contributed by atoms with Crippen molar-refractivity contribution >= 4 is 28.9 Å². The van der Waals surface area contributed by atoms with Crippen LogP contribution in [0.5, 0.6) is 0 Å². The van der Waals surface area contributed by atoms with Crippen molar-refractivity contribution in [2.75, 3.05) is 0 Å². The van der Waals surface area contributed by atoms with Crippen molar-refractivity contribution in [1.82, 2.24) is 4.57 Å². The molecule has 1 atom stereocenters. The second kappa shape index (κ2) is 9.41. The van der Waals surface area contributed by atoms with Crippen LogP contribution in [0.15, 0.2) is 97.1 Å². The van der Waals surface area contributed by atoms with E-state index in [4.69, 9.17) is 9.31 Å². The third kappa shape index (κ3) is 4.34. The molecule has 0 aliphatic carbocycles. The van der Waals surface area contributed by atoms with Crippen LogP contribution in [-0.4, -0.2) is 22.9 Å². The third-order valence-electron chi connectivity index (χ3n) is 8.38. The number of benzene rings is 4. The molecule has 38 heavy (non-hydrogen) atoms. The molecule has 5 heteroatoms. The van der Waals surface area contributed by atoms with Crippen LogP contribution in [0, 0.1) is 5.82 Å². The highest BCUT2D eigenvalue weighted by molar-refractivity contribution is 6.45. The van der Waals surface area contributed by atoms with Gasteiger partial charge >= 0.3 is 7.12 Å². The standard InChI is InChI=1S/C33H33BFNO2/c1-32(2)33(3,4)38-34(37-32)21-20-27(23-14-17-25(35)18-15-23)24-16-19-31-29(22-24)28-12-8-9-13-30(28)36(31)26-10-6-5-7-11-26/h5-19,22,27H,20-21H2,1-4H3/t27-/m1/s1. The predicted molar refractivity (Wildman–Crippen MR) is 155 cm³/mol. The molecule has 6 rings (SSSR count). The summed E-state index contributed by atoms with van der Waals surface area (Å²) in [5.74, 6) is -0.141. The van der Waals surface area contributed by atoms with Gasteiger partial charge in [0.1, 0.15) is 5.82 Å². The molecule has 1 fully saturated rings. The summed E-state index contributed by atoms with van der Waals surface area (Å²) in [5, 5.41) is 2.43. The predicted octanol–water partition coefficient (Wildman–Crippen LogP) is 8.54. The zero-order chi connectivity index (χ0) is 26.5. The maximum atomic E-state index is 13.9. The van der Waals surface area contributed by atoms with E-state index in [2.05, 4.69) is 99.0 Å². The number of hydrogen-bond acceptors (Lipinski definition) is 2. The van der Waals surface area contributed by atoms with Crippen molar-refractivity contribution < 1.29 is 13.7 Å². The van der Waals surface area contributed by atoms with E-state index < -0.39 is 0 Å².